The van der Waals surface area contributed by atoms with Crippen molar-refractivity contribution >= 4 is 11.6 Å². The predicted molar refractivity (Wildman–Crippen MR) is 56.6 cm³/mol. The van der Waals surface area contributed by atoms with E-state index in [1.807, 2.05) is 0 Å². The molecule has 2 rings (SSSR count). The molecule has 0 saturated carbocycles. The monoisotopic (exact) mass is 206 g/mol. The van der Waals surface area contributed by atoms with Gasteiger partial charge in [0.15, 0.2) is 5.78 Å². The summed E-state index contributed by atoms with van der Waals surface area (Å²) in [6, 6.07) is 3.43. The van der Waals surface area contributed by atoms with Gasteiger partial charge in [0.1, 0.15) is 5.82 Å². The number of nitrogens with zero attached hydrogens (tertiary/aromatic N) is 1. The van der Waals surface area contributed by atoms with E-state index in [-0.39, 0.29) is 11.9 Å². The van der Waals surface area contributed by atoms with E-state index in [2.05, 4.69) is 4.98 Å². The third-order valence-corrected chi connectivity index (χ3v) is 2.58. The summed E-state index contributed by atoms with van der Waals surface area (Å²) in [6.45, 7) is 0.764. The minimum Gasteiger partial charge on any atom is -0.383 e. The van der Waals surface area contributed by atoms with Crippen LogP contribution in [0.15, 0.2) is 18.3 Å². The summed E-state index contributed by atoms with van der Waals surface area (Å²) in [4.78, 5) is 15.7. The molecule has 2 heterocycles. The van der Waals surface area contributed by atoms with E-state index >= 15 is 0 Å². The van der Waals surface area contributed by atoms with E-state index in [0.29, 0.717) is 17.8 Å². The quantitative estimate of drug-likeness (QED) is 0.759. The average molecular weight is 206 g/mol. The van der Waals surface area contributed by atoms with Gasteiger partial charge in [-0.25, -0.2) is 4.98 Å². The topological polar surface area (TPSA) is 65.2 Å². The van der Waals surface area contributed by atoms with Crippen LogP contribution in [0.5, 0.6) is 0 Å². The number of aromatic nitrogens is 1. The van der Waals surface area contributed by atoms with Gasteiger partial charge < -0.3 is 10.5 Å². The SMILES string of the molecule is Nc1ncccc1C(=O)CC1CCCO1. The summed E-state index contributed by atoms with van der Waals surface area (Å²) in [5, 5.41) is 0. The first-order valence-electron chi connectivity index (χ1n) is 5.12. The number of anilines is 1. The van der Waals surface area contributed by atoms with Crippen LogP contribution in [0, 0.1) is 0 Å². The maximum atomic E-state index is 11.8. The second kappa shape index (κ2) is 4.40. The van der Waals surface area contributed by atoms with Crippen molar-refractivity contribution in [3.05, 3.63) is 23.9 Å². The molecule has 0 bridgehead atoms. The van der Waals surface area contributed by atoms with Gasteiger partial charge in [0.05, 0.1) is 11.7 Å². The van der Waals surface area contributed by atoms with Crippen molar-refractivity contribution in [2.24, 2.45) is 0 Å². The van der Waals surface area contributed by atoms with Crippen LogP contribution in [0.25, 0.3) is 0 Å². The molecule has 0 aliphatic carbocycles. The summed E-state index contributed by atoms with van der Waals surface area (Å²) >= 11 is 0. The van der Waals surface area contributed by atoms with Crippen LogP contribution >= 0.6 is 0 Å². The fraction of sp³-hybridized carbons (Fsp3) is 0.455. The van der Waals surface area contributed by atoms with Gasteiger partial charge in [-0.1, -0.05) is 0 Å². The normalized spacial score (nSPS) is 20.4. The molecule has 2 N–H and O–H groups in total. The highest BCUT2D eigenvalue weighted by molar-refractivity contribution is 6.00. The van der Waals surface area contributed by atoms with Crippen molar-refractivity contribution in [2.75, 3.05) is 12.3 Å². The lowest BCUT2D eigenvalue weighted by Crippen LogP contribution is -2.14. The summed E-state index contributed by atoms with van der Waals surface area (Å²) in [6.07, 6.45) is 4.07. The molecule has 0 aromatic carbocycles. The Morgan fingerprint density at radius 3 is 3.20 bits per heavy atom. The highest BCUT2D eigenvalue weighted by Gasteiger charge is 2.21. The molecular formula is C11H14N2O2. The molecule has 15 heavy (non-hydrogen) atoms. The molecule has 0 radical (unpaired) electrons. The van der Waals surface area contributed by atoms with E-state index < -0.39 is 0 Å². The molecule has 1 unspecified atom stereocenters. The molecule has 0 spiro atoms. The number of nitrogens with two attached hydrogens (primary N) is 1. The molecule has 1 aliphatic rings. The smallest absolute Gasteiger partial charge is 0.169 e. The number of pyridine rings is 1. The van der Waals surface area contributed by atoms with Crippen LogP contribution in [0.2, 0.25) is 0 Å². The first-order valence-corrected chi connectivity index (χ1v) is 5.12. The molecule has 1 saturated heterocycles. The number of carbonyl (C=O) groups excluding carboxylic acids is 1. The van der Waals surface area contributed by atoms with Crippen LogP contribution in [-0.4, -0.2) is 23.5 Å². The van der Waals surface area contributed by atoms with Crippen molar-refractivity contribution < 1.29 is 9.53 Å². The number of ketones is 1. The zero-order chi connectivity index (χ0) is 10.7. The second-order valence-electron chi connectivity index (χ2n) is 3.70. The lowest BCUT2D eigenvalue weighted by Gasteiger charge is -2.08. The average Bonchev–Trinajstić information content (AvgIpc) is 2.71. The van der Waals surface area contributed by atoms with E-state index in [9.17, 15) is 4.79 Å². The third kappa shape index (κ3) is 2.33. The number of hydrogen-bond acceptors (Lipinski definition) is 4. The molecule has 1 aromatic heterocycles. The fourth-order valence-electron chi connectivity index (χ4n) is 1.78. The van der Waals surface area contributed by atoms with Crippen LogP contribution in [0.4, 0.5) is 5.82 Å². The first-order chi connectivity index (χ1) is 7.27. The first kappa shape index (κ1) is 10.1. The Kier molecular flexibility index (Phi) is 2.97. The van der Waals surface area contributed by atoms with Gasteiger partial charge in [-0.05, 0) is 25.0 Å². The lowest BCUT2D eigenvalue weighted by atomic mass is 10.0. The van der Waals surface area contributed by atoms with Gasteiger partial charge in [0, 0.05) is 19.2 Å². The standard InChI is InChI=1S/C11H14N2O2/c12-11-9(4-1-5-13-11)10(14)7-8-3-2-6-15-8/h1,4-5,8H,2-3,6-7H2,(H2,12,13). The number of Topliss-reactive ketones (excluding diaryl/α,β-unsaturated/α-hetero) is 1. The van der Waals surface area contributed by atoms with Gasteiger partial charge in [-0.15, -0.1) is 0 Å². The second-order valence-corrected chi connectivity index (χ2v) is 3.70. The van der Waals surface area contributed by atoms with Gasteiger partial charge in [0.2, 0.25) is 0 Å². The molecule has 1 fully saturated rings. The van der Waals surface area contributed by atoms with Gasteiger partial charge in [-0.3, -0.25) is 4.79 Å². The van der Waals surface area contributed by atoms with Gasteiger partial charge in [-0.2, -0.15) is 0 Å². The number of hydrogen-bond donors (Lipinski definition) is 1. The molecule has 0 amide bonds. The molecule has 1 atom stereocenters. The van der Waals surface area contributed by atoms with E-state index in [1.54, 1.807) is 18.3 Å². The highest BCUT2D eigenvalue weighted by Crippen LogP contribution is 2.19. The van der Waals surface area contributed by atoms with Crippen molar-refractivity contribution in [1.29, 1.82) is 0 Å². The summed E-state index contributed by atoms with van der Waals surface area (Å²) < 4.78 is 5.40. The molecule has 80 valence electrons. The summed E-state index contributed by atoms with van der Waals surface area (Å²) in [7, 11) is 0. The van der Waals surface area contributed by atoms with Crippen LogP contribution in [0.3, 0.4) is 0 Å². The van der Waals surface area contributed by atoms with E-state index in [0.717, 1.165) is 19.4 Å². The zero-order valence-corrected chi connectivity index (χ0v) is 8.48. The zero-order valence-electron chi connectivity index (χ0n) is 8.48. The predicted octanol–water partition coefficient (Wildman–Crippen LogP) is 1.42. The molecular weight excluding hydrogens is 192 g/mol. The number of nitrogen functional groups attached to an aromatic ring is 1. The lowest BCUT2D eigenvalue weighted by molar-refractivity contribution is 0.0776. The van der Waals surface area contributed by atoms with Crippen molar-refractivity contribution in [1.82, 2.24) is 4.98 Å². The molecule has 4 nitrogen and oxygen atoms in total. The Morgan fingerprint density at radius 2 is 2.53 bits per heavy atom. The van der Waals surface area contributed by atoms with E-state index in [1.165, 1.54) is 0 Å². The molecule has 1 aromatic rings. The molecule has 4 heteroatoms. The minimum absolute atomic E-state index is 0.0208. The maximum absolute atomic E-state index is 11.8. The van der Waals surface area contributed by atoms with Gasteiger partial charge in [0.25, 0.3) is 0 Å². The minimum atomic E-state index is 0.0208. The number of ether oxygens (including phenoxy) is 1. The van der Waals surface area contributed by atoms with Crippen LogP contribution in [0.1, 0.15) is 29.6 Å². The largest absolute Gasteiger partial charge is 0.383 e. The summed E-state index contributed by atoms with van der Waals surface area (Å²) in [5.74, 6) is 0.327. The number of rotatable bonds is 3. The van der Waals surface area contributed by atoms with Crippen LogP contribution in [-0.2, 0) is 4.74 Å². The number of carbonyl (C=O) groups is 1. The third-order valence-electron chi connectivity index (χ3n) is 2.58. The Labute approximate surface area is 88.4 Å². The van der Waals surface area contributed by atoms with E-state index in [4.69, 9.17) is 10.5 Å². The van der Waals surface area contributed by atoms with Crippen molar-refractivity contribution in [3.63, 3.8) is 0 Å². The Hall–Kier alpha value is -1.42. The van der Waals surface area contributed by atoms with Gasteiger partial charge >= 0.3 is 0 Å². The maximum Gasteiger partial charge on any atom is 0.169 e. The van der Waals surface area contributed by atoms with Crippen molar-refractivity contribution in [3.8, 4) is 0 Å². The van der Waals surface area contributed by atoms with Crippen LogP contribution < -0.4 is 5.73 Å². The molecule has 1 aliphatic heterocycles. The van der Waals surface area contributed by atoms with Crippen molar-refractivity contribution in [2.45, 2.75) is 25.4 Å². The Morgan fingerprint density at radius 1 is 1.67 bits per heavy atom. The Balaban J connectivity index is 2.04. The summed E-state index contributed by atoms with van der Waals surface area (Å²) in [5.41, 5.74) is 6.13. The fourth-order valence-corrected chi connectivity index (χ4v) is 1.78. The highest BCUT2D eigenvalue weighted by atomic mass is 16.5. The Bertz CT molecular complexity index is 359.